The molecule has 0 heterocycles. The summed E-state index contributed by atoms with van der Waals surface area (Å²) in [6, 6.07) is 6.87. The van der Waals surface area contributed by atoms with E-state index in [-0.39, 0.29) is 11.0 Å². The number of hydrogen-bond donors (Lipinski definition) is 1. The maximum Gasteiger partial charge on any atom is 0.262 e. The number of benzene rings is 1. The lowest BCUT2D eigenvalue weighted by molar-refractivity contribution is 0.0223. The van der Waals surface area contributed by atoms with Crippen molar-refractivity contribution in [3.05, 3.63) is 29.8 Å². The molecule has 1 aliphatic carbocycles. The number of nitrogens with one attached hydrogen (secondary N) is 1. The highest BCUT2D eigenvalue weighted by Gasteiger charge is 2.20. The lowest BCUT2D eigenvalue weighted by Crippen LogP contribution is -2.28. The van der Waals surface area contributed by atoms with Gasteiger partial charge in [-0.3, -0.25) is 4.84 Å². The Morgan fingerprint density at radius 2 is 1.83 bits per heavy atom. The number of hydrogen-bond acceptors (Lipinski definition) is 3. The molecule has 1 N–H and O–H groups in total. The molecule has 1 aromatic rings. The summed E-state index contributed by atoms with van der Waals surface area (Å²) in [4.78, 5) is 7.72. The van der Waals surface area contributed by atoms with Crippen LogP contribution < -0.4 is 4.89 Å². The average molecular weight is 269 g/mol. The molecule has 1 aliphatic rings. The van der Waals surface area contributed by atoms with Gasteiger partial charge >= 0.3 is 0 Å². The molecular weight excluding hydrogens is 250 g/mol. The van der Waals surface area contributed by atoms with Crippen molar-refractivity contribution < 1.29 is 13.3 Å². The zero-order chi connectivity index (χ0) is 13.0. The van der Waals surface area contributed by atoms with Crippen LogP contribution in [0.3, 0.4) is 0 Å². The van der Waals surface area contributed by atoms with E-state index in [1.54, 1.807) is 12.1 Å². The van der Waals surface area contributed by atoms with E-state index in [4.69, 9.17) is 4.84 Å². The van der Waals surface area contributed by atoms with Gasteiger partial charge in [0.2, 0.25) is 0 Å². The van der Waals surface area contributed by atoms with Crippen molar-refractivity contribution in [2.75, 3.05) is 0 Å². The van der Waals surface area contributed by atoms with E-state index in [9.17, 15) is 8.42 Å². The van der Waals surface area contributed by atoms with Crippen molar-refractivity contribution in [1.82, 2.24) is 4.89 Å². The summed E-state index contributed by atoms with van der Waals surface area (Å²) in [6.45, 7) is 2.03. The second-order valence-corrected chi connectivity index (χ2v) is 6.25. The third-order valence-corrected chi connectivity index (χ3v) is 4.48. The Hall–Kier alpha value is -0.910. The Labute approximate surface area is 108 Å². The highest BCUT2D eigenvalue weighted by molar-refractivity contribution is 7.89. The van der Waals surface area contributed by atoms with Gasteiger partial charge in [0.1, 0.15) is 0 Å². The molecule has 1 aromatic carbocycles. The van der Waals surface area contributed by atoms with Gasteiger partial charge in [0.25, 0.3) is 10.0 Å². The summed E-state index contributed by atoms with van der Waals surface area (Å²) < 4.78 is 23.9. The molecule has 1 fully saturated rings. The molecule has 0 aromatic heterocycles. The number of rotatable bonds is 5. The van der Waals surface area contributed by atoms with Crippen LogP contribution in [0.4, 0.5) is 0 Å². The zero-order valence-electron chi connectivity index (χ0n) is 10.6. The van der Waals surface area contributed by atoms with E-state index < -0.39 is 10.0 Å². The van der Waals surface area contributed by atoms with Crippen LogP contribution >= 0.6 is 0 Å². The molecule has 5 heteroatoms. The predicted octanol–water partition coefficient (Wildman–Crippen LogP) is 2.40. The van der Waals surface area contributed by atoms with E-state index in [2.05, 4.69) is 4.89 Å². The maximum atomic E-state index is 12.0. The minimum absolute atomic E-state index is 0.0229. The van der Waals surface area contributed by atoms with Gasteiger partial charge in [-0.05, 0) is 37.0 Å². The van der Waals surface area contributed by atoms with Gasteiger partial charge < -0.3 is 0 Å². The highest BCUT2D eigenvalue weighted by Crippen LogP contribution is 2.20. The molecule has 4 nitrogen and oxygen atoms in total. The normalized spacial score (nSPS) is 17.2. The average Bonchev–Trinajstić information content (AvgIpc) is 2.90. The largest absolute Gasteiger partial charge is 0.284 e. The van der Waals surface area contributed by atoms with Crippen LogP contribution in [-0.2, 0) is 21.3 Å². The molecule has 0 unspecified atom stereocenters. The molecule has 0 saturated heterocycles. The summed E-state index contributed by atoms with van der Waals surface area (Å²) >= 11 is 0. The van der Waals surface area contributed by atoms with E-state index in [0.717, 1.165) is 37.7 Å². The predicted molar refractivity (Wildman–Crippen MR) is 69.5 cm³/mol. The molecule has 0 amide bonds. The van der Waals surface area contributed by atoms with E-state index in [0.29, 0.717) is 0 Å². The third kappa shape index (κ3) is 3.31. The maximum absolute atomic E-state index is 12.0. The van der Waals surface area contributed by atoms with Crippen LogP contribution in [0.1, 0.15) is 38.2 Å². The van der Waals surface area contributed by atoms with Gasteiger partial charge in [-0.15, -0.1) is 0 Å². The highest BCUT2D eigenvalue weighted by atomic mass is 32.2. The molecule has 0 atom stereocenters. The Balaban J connectivity index is 2.00. The monoisotopic (exact) mass is 269 g/mol. The molecule has 18 heavy (non-hydrogen) atoms. The first-order chi connectivity index (χ1) is 8.62. The molecular formula is C13H19NO3S. The minimum Gasteiger partial charge on any atom is -0.284 e. The summed E-state index contributed by atoms with van der Waals surface area (Å²) in [5.74, 6) is 0. The molecule has 0 radical (unpaired) electrons. The van der Waals surface area contributed by atoms with Crippen LogP contribution in [-0.4, -0.2) is 14.5 Å². The molecule has 0 bridgehead atoms. The second kappa shape index (κ2) is 5.82. The number of aryl methyl sites for hydroxylation is 1. The first kappa shape index (κ1) is 13.5. The van der Waals surface area contributed by atoms with Gasteiger partial charge in [-0.25, -0.2) is 8.42 Å². The van der Waals surface area contributed by atoms with Crippen LogP contribution in [0, 0.1) is 0 Å². The molecule has 1 saturated carbocycles. The third-order valence-electron chi connectivity index (χ3n) is 3.27. The van der Waals surface area contributed by atoms with Crippen LogP contribution in [0.5, 0.6) is 0 Å². The fourth-order valence-electron chi connectivity index (χ4n) is 2.09. The Kier molecular flexibility index (Phi) is 4.37. The van der Waals surface area contributed by atoms with E-state index in [1.165, 1.54) is 0 Å². The van der Waals surface area contributed by atoms with Crippen LogP contribution in [0.2, 0.25) is 0 Å². The van der Waals surface area contributed by atoms with Gasteiger partial charge in [0.05, 0.1) is 11.0 Å². The Morgan fingerprint density at radius 1 is 1.22 bits per heavy atom. The summed E-state index contributed by atoms with van der Waals surface area (Å²) in [5, 5.41) is 0. The standard InChI is InChI=1S/C13H19NO3S/c1-2-11-7-9-13(10-8-11)18(15,16)14-17-12-5-3-4-6-12/h7-10,12,14H,2-6H2,1H3. The fraction of sp³-hybridized carbons (Fsp3) is 0.538. The lowest BCUT2D eigenvalue weighted by atomic mass is 10.2. The molecule has 2 rings (SSSR count). The Morgan fingerprint density at radius 3 is 2.39 bits per heavy atom. The molecule has 0 spiro atoms. The first-order valence-electron chi connectivity index (χ1n) is 6.38. The van der Waals surface area contributed by atoms with E-state index in [1.807, 2.05) is 19.1 Å². The van der Waals surface area contributed by atoms with Gasteiger partial charge in [0.15, 0.2) is 0 Å². The lowest BCUT2D eigenvalue weighted by Gasteiger charge is -2.12. The Bertz CT molecular complexity index is 475. The zero-order valence-corrected chi connectivity index (χ0v) is 11.4. The van der Waals surface area contributed by atoms with Crippen molar-refractivity contribution in [3.8, 4) is 0 Å². The van der Waals surface area contributed by atoms with Crippen molar-refractivity contribution in [1.29, 1.82) is 0 Å². The summed E-state index contributed by atoms with van der Waals surface area (Å²) in [7, 11) is -3.54. The van der Waals surface area contributed by atoms with Crippen LogP contribution in [0.25, 0.3) is 0 Å². The van der Waals surface area contributed by atoms with Gasteiger partial charge in [0, 0.05) is 0 Å². The van der Waals surface area contributed by atoms with Crippen molar-refractivity contribution >= 4 is 10.0 Å². The van der Waals surface area contributed by atoms with Crippen molar-refractivity contribution in [3.63, 3.8) is 0 Å². The minimum atomic E-state index is -3.54. The number of sulfonamides is 1. The SMILES string of the molecule is CCc1ccc(S(=O)(=O)NOC2CCCC2)cc1. The second-order valence-electron chi connectivity index (χ2n) is 4.61. The van der Waals surface area contributed by atoms with Gasteiger partial charge in [-0.1, -0.05) is 36.8 Å². The van der Waals surface area contributed by atoms with Crippen molar-refractivity contribution in [2.45, 2.75) is 50.0 Å². The fourth-order valence-corrected chi connectivity index (χ4v) is 2.94. The first-order valence-corrected chi connectivity index (χ1v) is 7.86. The van der Waals surface area contributed by atoms with Crippen molar-refractivity contribution in [2.24, 2.45) is 0 Å². The van der Waals surface area contributed by atoms with Gasteiger partial charge in [-0.2, -0.15) is 0 Å². The quantitative estimate of drug-likeness (QED) is 0.835. The summed E-state index contributed by atoms with van der Waals surface area (Å²) in [6.07, 6.45) is 4.99. The van der Waals surface area contributed by atoms with E-state index >= 15 is 0 Å². The van der Waals surface area contributed by atoms with Crippen LogP contribution in [0.15, 0.2) is 29.2 Å². The molecule has 0 aliphatic heterocycles. The topological polar surface area (TPSA) is 55.4 Å². The molecule has 100 valence electrons. The summed E-state index contributed by atoms with van der Waals surface area (Å²) in [5.41, 5.74) is 1.12. The smallest absolute Gasteiger partial charge is 0.262 e.